The molecular weight excluding hydrogens is 322 g/mol. The first-order valence-electron chi connectivity index (χ1n) is 9.28. The summed E-state index contributed by atoms with van der Waals surface area (Å²) in [5, 5.41) is 13.5. The third-order valence-electron chi connectivity index (χ3n) is 4.72. The van der Waals surface area contributed by atoms with E-state index in [1.807, 2.05) is 44.2 Å². The zero-order chi connectivity index (χ0) is 19.3. The molecule has 0 aliphatic carbocycles. The number of aryl methyl sites for hydroxylation is 2. The zero-order valence-electron chi connectivity index (χ0n) is 16.6. The van der Waals surface area contributed by atoms with Gasteiger partial charge < -0.3 is 10.4 Å². The molecule has 0 spiro atoms. The second-order valence-electron chi connectivity index (χ2n) is 8.08. The van der Waals surface area contributed by atoms with Crippen molar-refractivity contribution in [3.63, 3.8) is 0 Å². The van der Waals surface area contributed by atoms with Gasteiger partial charge in [-0.1, -0.05) is 62.7 Å². The van der Waals surface area contributed by atoms with Gasteiger partial charge in [-0.3, -0.25) is 4.79 Å². The second kappa shape index (κ2) is 8.61. The fourth-order valence-corrected chi connectivity index (χ4v) is 2.93. The first-order chi connectivity index (χ1) is 12.2. The summed E-state index contributed by atoms with van der Waals surface area (Å²) in [6, 6.07) is 14.1. The number of aliphatic hydroxyl groups is 1. The number of aliphatic hydroxyl groups excluding tert-OH is 1. The van der Waals surface area contributed by atoms with Crippen molar-refractivity contribution in [2.75, 3.05) is 13.1 Å². The van der Waals surface area contributed by atoms with E-state index in [0.717, 1.165) is 22.3 Å². The van der Waals surface area contributed by atoms with Crippen LogP contribution in [0.4, 0.5) is 0 Å². The molecular formula is C23H31NO2. The Labute approximate surface area is 157 Å². The smallest absolute Gasteiger partial charge is 0.164 e. The summed E-state index contributed by atoms with van der Waals surface area (Å²) in [7, 11) is 0. The number of hydrogen-bond acceptors (Lipinski definition) is 3. The van der Waals surface area contributed by atoms with Crippen molar-refractivity contribution in [1.82, 2.24) is 5.32 Å². The van der Waals surface area contributed by atoms with Gasteiger partial charge in [-0.2, -0.15) is 0 Å². The number of carbonyl (C=O) groups excluding carboxylic acids is 1. The molecule has 2 aromatic rings. The average Bonchev–Trinajstić information content (AvgIpc) is 2.59. The summed E-state index contributed by atoms with van der Waals surface area (Å²) in [6.45, 7) is 11.5. The molecule has 3 heteroatoms. The average molecular weight is 354 g/mol. The van der Waals surface area contributed by atoms with E-state index >= 15 is 0 Å². The van der Waals surface area contributed by atoms with Gasteiger partial charge in [-0.25, -0.2) is 0 Å². The van der Waals surface area contributed by atoms with Crippen molar-refractivity contribution < 1.29 is 9.90 Å². The quantitative estimate of drug-likeness (QED) is 0.569. The highest BCUT2D eigenvalue weighted by atomic mass is 16.3. The number of ketones is 1. The Bertz CT molecular complexity index is 742. The highest BCUT2D eigenvalue weighted by Gasteiger charge is 2.15. The molecule has 0 bridgehead atoms. The molecule has 0 aliphatic heterocycles. The number of hydrogen-bond donors (Lipinski definition) is 2. The Balaban J connectivity index is 1.82. The molecule has 0 aliphatic rings. The van der Waals surface area contributed by atoms with Crippen molar-refractivity contribution in [2.24, 2.45) is 0 Å². The molecule has 3 nitrogen and oxygen atoms in total. The minimum atomic E-state index is -0.570. The van der Waals surface area contributed by atoms with Crippen molar-refractivity contribution in [3.05, 3.63) is 70.3 Å². The summed E-state index contributed by atoms with van der Waals surface area (Å²) < 4.78 is 0. The van der Waals surface area contributed by atoms with Gasteiger partial charge >= 0.3 is 0 Å². The van der Waals surface area contributed by atoms with Crippen LogP contribution >= 0.6 is 0 Å². The van der Waals surface area contributed by atoms with Crippen LogP contribution in [0.3, 0.4) is 0 Å². The van der Waals surface area contributed by atoms with E-state index in [0.29, 0.717) is 19.5 Å². The number of rotatable bonds is 7. The van der Waals surface area contributed by atoms with Crippen LogP contribution < -0.4 is 5.32 Å². The number of Topliss-reactive ketones (excluding diaryl/α,β-unsaturated/α-hetero) is 1. The largest absolute Gasteiger partial charge is 0.387 e. The van der Waals surface area contributed by atoms with Crippen LogP contribution in [0.25, 0.3) is 0 Å². The van der Waals surface area contributed by atoms with Gasteiger partial charge in [-0.05, 0) is 42.0 Å². The molecule has 0 aromatic heterocycles. The molecule has 26 heavy (non-hydrogen) atoms. The standard InChI is InChI=1S/C23H31NO2/c1-16-6-7-17(2)20(14-16)21(25)12-13-24-15-22(26)18-8-10-19(11-9-18)23(3,4)5/h6-11,14,22,24,26H,12-13,15H2,1-5H3. The molecule has 0 saturated heterocycles. The maximum Gasteiger partial charge on any atom is 0.164 e. The highest BCUT2D eigenvalue weighted by Crippen LogP contribution is 2.23. The maximum atomic E-state index is 12.4. The van der Waals surface area contributed by atoms with E-state index < -0.39 is 6.10 Å². The third kappa shape index (κ3) is 5.52. The predicted molar refractivity (Wildman–Crippen MR) is 108 cm³/mol. The molecule has 0 saturated carbocycles. The SMILES string of the molecule is Cc1ccc(C)c(C(=O)CCNCC(O)c2ccc(C(C)(C)C)cc2)c1. The molecule has 140 valence electrons. The molecule has 0 amide bonds. The van der Waals surface area contributed by atoms with Crippen molar-refractivity contribution in [1.29, 1.82) is 0 Å². The maximum absolute atomic E-state index is 12.4. The lowest BCUT2D eigenvalue weighted by molar-refractivity contribution is 0.0979. The van der Waals surface area contributed by atoms with Gasteiger partial charge in [0.25, 0.3) is 0 Å². The predicted octanol–water partition coefficient (Wildman–Crippen LogP) is 4.50. The lowest BCUT2D eigenvalue weighted by Crippen LogP contribution is -2.24. The van der Waals surface area contributed by atoms with E-state index in [4.69, 9.17) is 0 Å². The molecule has 0 fully saturated rings. The Kier molecular flexibility index (Phi) is 6.74. The topological polar surface area (TPSA) is 49.3 Å². The van der Waals surface area contributed by atoms with Gasteiger partial charge in [0.05, 0.1) is 6.10 Å². The van der Waals surface area contributed by atoms with E-state index in [9.17, 15) is 9.90 Å². The van der Waals surface area contributed by atoms with Crippen molar-refractivity contribution in [3.8, 4) is 0 Å². The van der Waals surface area contributed by atoms with E-state index in [1.165, 1.54) is 5.56 Å². The molecule has 2 N–H and O–H groups in total. The summed E-state index contributed by atoms with van der Waals surface area (Å²) in [5.41, 5.74) is 5.16. The zero-order valence-corrected chi connectivity index (χ0v) is 16.6. The van der Waals surface area contributed by atoms with Crippen LogP contribution in [0.2, 0.25) is 0 Å². The van der Waals surface area contributed by atoms with Crippen LogP contribution in [0, 0.1) is 13.8 Å². The van der Waals surface area contributed by atoms with Crippen LogP contribution in [0.1, 0.15) is 65.9 Å². The van der Waals surface area contributed by atoms with Gasteiger partial charge in [0.1, 0.15) is 0 Å². The Morgan fingerprint density at radius 2 is 1.73 bits per heavy atom. The van der Waals surface area contributed by atoms with E-state index in [-0.39, 0.29) is 11.2 Å². The van der Waals surface area contributed by atoms with Crippen LogP contribution in [0.15, 0.2) is 42.5 Å². The molecule has 2 aromatic carbocycles. The van der Waals surface area contributed by atoms with Crippen molar-refractivity contribution >= 4 is 5.78 Å². The number of nitrogens with one attached hydrogen (secondary N) is 1. The number of benzene rings is 2. The first-order valence-corrected chi connectivity index (χ1v) is 9.28. The van der Waals surface area contributed by atoms with E-state index in [1.54, 1.807) is 0 Å². The Morgan fingerprint density at radius 1 is 1.08 bits per heavy atom. The summed E-state index contributed by atoms with van der Waals surface area (Å²) in [6.07, 6.45) is -0.139. The van der Waals surface area contributed by atoms with Gasteiger partial charge in [0.2, 0.25) is 0 Å². The fraction of sp³-hybridized carbons (Fsp3) is 0.435. The van der Waals surface area contributed by atoms with Gasteiger partial charge in [0.15, 0.2) is 5.78 Å². The highest BCUT2D eigenvalue weighted by molar-refractivity contribution is 5.97. The Morgan fingerprint density at radius 3 is 2.35 bits per heavy atom. The minimum Gasteiger partial charge on any atom is -0.387 e. The van der Waals surface area contributed by atoms with Gasteiger partial charge in [-0.15, -0.1) is 0 Å². The van der Waals surface area contributed by atoms with Crippen LogP contribution in [0.5, 0.6) is 0 Å². The monoisotopic (exact) mass is 353 g/mol. The lowest BCUT2D eigenvalue weighted by Gasteiger charge is -2.20. The number of carbonyl (C=O) groups is 1. The summed E-state index contributed by atoms with van der Waals surface area (Å²) in [4.78, 5) is 12.4. The third-order valence-corrected chi connectivity index (χ3v) is 4.72. The molecule has 1 unspecified atom stereocenters. The molecule has 1 atom stereocenters. The normalized spacial score (nSPS) is 12.8. The Hall–Kier alpha value is -1.97. The summed E-state index contributed by atoms with van der Waals surface area (Å²) >= 11 is 0. The minimum absolute atomic E-state index is 0.107. The second-order valence-corrected chi connectivity index (χ2v) is 8.08. The molecule has 2 rings (SSSR count). The van der Waals surface area contributed by atoms with E-state index in [2.05, 4.69) is 38.2 Å². The fourth-order valence-electron chi connectivity index (χ4n) is 2.93. The molecule has 0 heterocycles. The van der Waals surface area contributed by atoms with Crippen molar-refractivity contribution in [2.45, 2.75) is 52.6 Å². The molecule has 0 radical (unpaired) electrons. The summed E-state index contributed by atoms with van der Waals surface area (Å²) in [5.74, 6) is 0.141. The van der Waals surface area contributed by atoms with Crippen LogP contribution in [-0.2, 0) is 5.41 Å². The van der Waals surface area contributed by atoms with Gasteiger partial charge in [0, 0.05) is 25.1 Å². The lowest BCUT2D eigenvalue weighted by atomic mass is 9.86. The van der Waals surface area contributed by atoms with Crippen LogP contribution in [-0.4, -0.2) is 24.0 Å². The first kappa shape index (κ1) is 20.3.